The Balaban J connectivity index is 1.94. The molecule has 2 rings (SSSR count). The molecule has 72 valence electrons. The van der Waals surface area contributed by atoms with E-state index in [0.29, 0.717) is 0 Å². The summed E-state index contributed by atoms with van der Waals surface area (Å²) in [7, 11) is 0. The molecule has 13 heavy (non-hydrogen) atoms. The van der Waals surface area contributed by atoms with Crippen LogP contribution in [0.3, 0.4) is 0 Å². The van der Waals surface area contributed by atoms with Gasteiger partial charge in [-0.25, -0.2) is 0 Å². The molecule has 0 bridgehead atoms. The minimum Gasteiger partial charge on any atom is -0.330 e. The molecule has 0 radical (unpaired) electrons. The number of hydrogen-bond donors (Lipinski definition) is 1. The first kappa shape index (κ1) is 9.56. The maximum atomic E-state index is 5.74. The summed E-state index contributed by atoms with van der Waals surface area (Å²) in [6, 6.07) is 4.33. The van der Waals surface area contributed by atoms with Crippen LogP contribution in [0.2, 0.25) is 0 Å². The van der Waals surface area contributed by atoms with Gasteiger partial charge in [0.05, 0.1) is 4.21 Å². The first-order valence-electron chi connectivity index (χ1n) is 4.80. The van der Waals surface area contributed by atoms with Crippen LogP contribution in [-0.2, 0) is 0 Å². The summed E-state index contributed by atoms with van der Waals surface area (Å²) in [6.07, 6.45) is 4.05. The summed E-state index contributed by atoms with van der Waals surface area (Å²) in [5, 5.41) is 2.93. The summed E-state index contributed by atoms with van der Waals surface area (Å²) in [5.41, 5.74) is 5.74. The second-order valence-corrected chi connectivity index (χ2v) is 6.00. The first-order valence-corrected chi connectivity index (χ1v) is 6.56. The Bertz CT molecular complexity index is 245. The highest BCUT2D eigenvalue weighted by atomic mass is 32.2. The molecule has 0 aromatic carbocycles. The fourth-order valence-corrected chi connectivity index (χ4v) is 4.30. The second kappa shape index (κ2) is 4.49. The standard InChI is InChI=1S/C10H15NS2/c11-7-8-3-1-4-9(8)13-10-5-2-6-12-10/h2,5-6,8-9H,1,3-4,7,11H2. The Hall–Kier alpha value is 0.01000. The van der Waals surface area contributed by atoms with E-state index in [1.54, 1.807) is 0 Å². The molecule has 1 nitrogen and oxygen atoms in total. The Kier molecular flexibility index (Phi) is 3.30. The zero-order valence-corrected chi connectivity index (χ0v) is 9.24. The maximum absolute atomic E-state index is 5.74. The van der Waals surface area contributed by atoms with Gasteiger partial charge in [-0.05, 0) is 36.8 Å². The topological polar surface area (TPSA) is 26.0 Å². The van der Waals surface area contributed by atoms with E-state index in [-0.39, 0.29) is 0 Å². The summed E-state index contributed by atoms with van der Waals surface area (Å²) < 4.78 is 1.45. The molecule has 3 heteroatoms. The van der Waals surface area contributed by atoms with Crippen LogP contribution in [0.25, 0.3) is 0 Å². The van der Waals surface area contributed by atoms with Gasteiger partial charge in [0, 0.05) is 5.25 Å². The summed E-state index contributed by atoms with van der Waals surface area (Å²) in [5.74, 6) is 0.757. The maximum Gasteiger partial charge on any atom is 0.0601 e. The van der Waals surface area contributed by atoms with Crippen LogP contribution in [0.4, 0.5) is 0 Å². The van der Waals surface area contributed by atoms with Crippen LogP contribution in [0, 0.1) is 5.92 Å². The molecule has 2 unspecified atom stereocenters. The van der Waals surface area contributed by atoms with Gasteiger partial charge in [0.25, 0.3) is 0 Å². The van der Waals surface area contributed by atoms with Crippen LogP contribution in [0.15, 0.2) is 21.7 Å². The van der Waals surface area contributed by atoms with Crippen molar-refractivity contribution in [2.45, 2.75) is 28.7 Å². The van der Waals surface area contributed by atoms with Crippen LogP contribution in [-0.4, -0.2) is 11.8 Å². The van der Waals surface area contributed by atoms with E-state index >= 15 is 0 Å². The van der Waals surface area contributed by atoms with Gasteiger partial charge in [-0.15, -0.1) is 23.1 Å². The number of rotatable bonds is 3. The van der Waals surface area contributed by atoms with Gasteiger partial charge in [-0.2, -0.15) is 0 Å². The summed E-state index contributed by atoms with van der Waals surface area (Å²) in [6.45, 7) is 0.864. The normalized spacial score (nSPS) is 28.1. The van der Waals surface area contributed by atoms with Crippen molar-refractivity contribution in [2.75, 3.05) is 6.54 Å². The highest BCUT2D eigenvalue weighted by Crippen LogP contribution is 2.39. The van der Waals surface area contributed by atoms with Gasteiger partial charge in [0.1, 0.15) is 0 Å². The van der Waals surface area contributed by atoms with Crippen molar-refractivity contribution in [3.63, 3.8) is 0 Å². The SMILES string of the molecule is NCC1CCCC1Sc1cccs1. The number of thiophene rings is 1. The van der Waals surface area contributed by atoms with Gasteiger partial charge in [0.15, 0.2) is 0 Å². The van der Waals surface area contributed by atoms with Crippen molar-refractivity contribution < 1.29 is 0 Å². The predicted octanol–water partition coefficient (Wildman–Crippen LogP) is 2.97. The van der Waals surface area contributed by atoms with Crippen molar-refractivity contribution in [1.29, 1.82) is 0 Å². The lowest BCUT2D eigenvalue weighted by molar-refractivity contribution is 0.573. The lowest BCUT2D eigenvalue weighted by Crippen LogP contribution is -2.19. The third-order valence-corrected chi connectivity index (χ3v) is 5.19. The van der Waals surface area contributed by atoms with Crippen molar-refractivity contribution in [2.24, 2.45) is 11.7 Å². The van der Waals surface area contributed by atoms with Gasteiger partial charge >= 0.3 is 0 Å². The molecular weight excluding hydrogens is 198 g/mol. The van der Waals surface area contributed by atoms with Crippen molar-refractivity contribution in [3.05, 3.63) is 17.5 Å². The molecule has 0 spiro atoms. The third-order valence-electron chi connectivity index (χ3n) is 2.65. The van der Waals surface area contributed by atoms with E-state index < -0.39 is 0 Å². The molecule has 2 N–H and O–H groups in total. The van der Waals surface area contributed by atoms with Crippen LogP contribution < -0.4 is 5.73 Å². The number of thioether (sulfide) groups is 1. The second-order valence-electron chi connectivity index (χ2n) is 3.52. The van der Waals surface area contributed by atoms with Crippen LogP contribution >= 0.6 is 23.1 Å². The van der Waals surface area contributed by atoms with Crippen molar-refractivity contribution >= 4 is 23.1 Å². The predicted molar refractivity (Wildman–Crippen MR) is 60.4 cm³/mol. The van der Waals surface area contributed by atoms with Crippen molar-refractivity contribution in [3.8, 4) is 0 Å². The lowest BCUT2D eigenvalue weighted by Gasteiger charge is -2.15. The first-order chi connectivity index (χ1) is 6.40. The molecule has 1 aliphatic carbocycles. The summed E-state index contributed by atoms with van der Waals surface area (Å²) >= 11 is 3.87. The Morgan fingerprint density at radius 2 is 2.46 bits per heavy atom. The number of hydrogen-bond acceptors (Lipinski definition) is 3. The Morgan fingerprint density at radius 3 is 3.15 bits per heavy atom. The molecule has 1 aromatic rings. The quantitative estimate of drug-likeness (QED) is 0.835. The fraction of sp³-hybridized carbons (Fsp3) is 0.600. The fourth-order valence-electron chi connectivity index (χ4n) is 1.91. The van der Waals surface area contributed by atoms with Gasteiger partial charge < -0.3 is 5.73 Å². The van der Waals surface area contributed by atoms with Crippen molar-refractivity contribution in [1.82, 2.24) is 0 Å². The third kappa shape index (κ3) is 2.27. The zero-order chi connectivity index (χ0) is 9.10. The molecule has 2 atom stereocenters. The summed E-state index contributed by atoms with van der Waals surface area (Å²) in [4.78, 5) is 0. The Morgan fingerprint density at radius 1 is 1.54 bits per heavy atom. The molecule has 0 saturated heterocycles. The van der Waals surface area contributed by atoms with Crippen LogP contribution in [0.1, 0.15) is 19.3 Å². The highest BCUT2D eigenvalue weighted by Gasteiger charge is 2.26. The largest absolute Gasteiger partial charge is 0.330 e. The van der Waals surface area contributed by atoms with Gasteiger partial charge in [0.2, 0.25) is 0 Å². The van der Waals surface area contributed by atoms with E-state index in [1.165, 1.54) is 23.5 Å². The molecule has 0 aliphatic heterocycles. The molecule has 1 fully saturated rings. The average Bonchev–Trinajstić information content (AvgIpc) is 2.76. The van der Waals surface area contributed by atoms with Gasteiger partial charge in [-0.1, -0.05) is 12.5 Å². The van der Waals surface area contributed by atoms with E-state index in [4.69, 9.17) is 5.73 Å². The monoisotopic (exact) mass is 213 g/mol. The minimum atomic E-state index is 0.757. The van der Waals surface area contributed by atoms with Crippen LogP contribution in [0.5, 0.6) is 0 Å². The minimum absolute atomic E-state index is 0.757. The highest BCUT2D eigenvalue weighted by molar-refractivity contribution is 8.01. The molecule has 1 aliphatic rings. The molecule has 0 amide bonds. The average molecular weight is 213 g/mol. The molecule has 1 aromatic heterocycles. The van der Waals surface area contributed by atoms with E-state index in [1.807, 2.05) is 23.1 Å². The molecule has 1 saturated carbocycles. The van der Waals surface area contributed by atoms with E-state index in [0.717, 1.165) is 17.7 Å². The Labute approximate surface area is 87.7 Å². The van der Waals surface area contributed by atoms with E-state index in [2.05, 4.69) is 17.5 Å². The number of nitrogens with two attached hydrogens (primary N) is 1. The molecular formula is C10H15NS2. The zero-order valence-electron chi connectivity index (χ0n) is 7.61. The van der Waals surface area contributed by atoms with E-state index in [9.17, 15) is 0 Å². The smallest absolute Gasteiger partial charge is 0.0601 e. The van der Waals surface area contributed by atoms with Gasteiger partial charge in [-0.3, -0.25) is 0 Å². The lowest BCUT2D eigenvalue weighted by atomic mass is 10.1. The molecule has 1 heterocycles.